The molecule has 1 amide bonds. The normalized spacial score (nSPS) is 10.6. The number of hydrogen-bond acceptors (Lipinski definition) is 6. The average Bonchev–Trinajstić information content (AvgIpc) is 2.87. The van der Waals surface area contributed by atoms with Gasteiger partial charge in [-0.3, -0.25) is 4.79 Å². The van der Waals surface area contributed by atoms with E-state index in [-0.39, 0.29) is 5.91 Å². The van der Waals surface area contributed by atoms with E-state index in [0.717, 1.165) is 21.2 Å². The molecule has 118 valence electrons. The number of rotatable bonds is 5. The second-order valence-electron chi connectivity index (χ2n) is 5.01. The Bertz CT molecular complexity index is 664. The number of nitrogens with zero attached hydrogens (tertiary/aromatic N) is 3. The predicted octanol–water partition coefficient (Wildman–Crippen LogP) is 3.73. The summed E-state index contributed by atoms with van der Waals surface area (Å²) in [7, 11) is 3.47. The predicted molar refractivity (Wildman–Crippen MR) is 93.5 cm³/mol. The van der Waals surface area contributed by atoms with Crippen molar-refractivity contribution in [1.29, 1.82) is 0 Å². The summed E-state index contributed by atoms with van der Waals surface area (Å²) in [6.45, 7) is 4.00. The summed E-state index contributed by atoms with van der Waals surface area (Å²) >= 11 is 9.05. The zero-order chi connectivity index (χ0) is 16.3. The number of aryl methyl sites for hydroxylation is 2. The lowest BCUT2D eigenvalue weighted by Crippen LogP contribution is -2.23. The maximum absolute atomic E-state index is 11.6. The highest BCUT2D eigenvalue weighted by atomic mass is 35.5. The van der Waals surface area contributed by atoms with Crippen LogP contribution in [0.2, 0.25) is 5.02 Å². The molecule has 22 heavy (non-hydrogen) atoms. The van der Waals surface area contributed by atoms with Gasteiger partial charge in [-0.15, -0.1) is 10.2 Å². The lowest BCUT2D eigenvalue weighted by Gasteiger charge is -2.09. The number of benzene rings is 1. The Morgan fingerprint density at radius 1 is 1.36 bits per heavy atom. The fourth-order valence-corrected chi connectivity index (χ4v) is 3.86. The number of anilines is 2. The molecule has 1 aromatic carbocycles. The van der Waals surface area contributed by atoms with Gasteiger partial charge in [-0.05, 0) is 31.0 Å². The molecule has 0 aliphatic rings. The molecule has 0 atom stereocenters. The topological polar surface area (TPSA) is 58.1 Å². The Kier molecular flexibility index (Phi) is 5.66. The molecular weight excluding hydrogens is 340 g/mol. The maximum Gasteiger partial charge on any atom is 0.232 e. The third-order valence-electron chi connectivity index (χ3n) is 2.89. The van der Waals surface area contributed by atoms with E-state index in [1.54, 1.807) is 19.0 Å². The Labute approximate surface area is 143 Å². The van der Waals surface area contributed by atoms with Gasteiger partial charge in [0.15, 0.2) is 4.34 Å². The Hall–Kier alpha value is -1.31. The molecule has 2 rings (SSSR count). The first kappa shape index (κ1) is 17.1. The number of hydrogen-bond donors (Lipinski definition) is 1. The first-order chi connectivity index (χ1) is 10.4. The molecule has 5 nitrogen and oxygen atoms in total. The van der Waals surface area contributed by atoms with Gasteiger partial charge in [-0.25, -0.2) is 0 Å². The highest BCUT2D eigenvalue weighted by Crippen LogP contribution is 2.33. The number of aromatic nitrogens is 2. The summed E-state index contributed by atoms with van der Waals surface area (Å²) in [6, 6.07) is 3.96. The third-order valence-corrected chi connectivity index (χ3v) is 5.14. The highest BCUT2D eigenvalue weighted by molar-refractivity contribution is 8.01. The number of halogens is 1. The van der Waals surface area contributed by atoms with Crippen LogP contribution in [0.4, 0.5) is 10.8 Å². The largest absolute Gasteiger partial charge is 0.348 e. The Morgan fingerprint density at radius 2 is 2.09 bits per heavy atom. The third kappa shape index (κ3) is 4.34. The fraction of sp³-hybridized carbons (Fsp3) is 0.357. The summed E-state index contributed by atoms with van der Waals surface area (Å²) in [6.07, 6.45) is 0. The van der Waals surface area contributed by atoms with E-state index < -0.39 is 0 Å². The summed E-state index contributed by atoms with van der Waals surface area (Å²) in [5.41, 5.74) is 3.00. The number of carbonyl (C=O) groups excluding carboxylic acids is 1. The van der Waals surface area contributed by atoms with Crippen LogP contribution in [0.25, 0.3) is 0 Å². The van der Waals surface area contributed by atoms with E-state index in [1.807, 2.05) is 19.9 Å². The van der Waals surface area contributed by atoms with E-state index in [2.05, 4.69) is 21.6 Å². The Morgan fingerprint density at radius 3 is 2.73 bits per heavy atom. The molecule has 0 aliphatic heterocycles. The molecule has 0 spiro atoms. The molecule has 0 saturated heterocycles. The molecule has 0 fully saturated rings. The fourth-order valence-electron chi connectivity index (χ4n) is 1.75. The second-order valence-corrected chi connectivity index (χ2v) is 7.62. The molecule has 0 aliphatic carbocycles. The summed E-state index contributed by atoms with van der Waals surface area (Å²) in [4.78, 5) is 13.1. The van der Waals surface area contributed by atoms with Gasteiger partial charge in [0.25, 0.3) is 0 Å². The van der Waals surface area contributed by atoms with Crippen molar-refractivity contribution in [3.8, 4) is 0 Å². The summed E-state index contributed by atoms with van der Waals surface area (Å²) < 4.78 is 0.749. The van der Waals surface area contributed by atoms with Crippen LogP contribution >= 0.6 is 34.7 Å². The summed E-state index contributed by atoms with van der Waals surface area (Å²) in [5.74, 6) is 0.401. The maximum atomic E-state index is 11.6. The molecule has 0 unspecified atom stereocenters. The van der Waals surface area contributed by atoms with Crippen molar-refractivity contribution in [2.24, 2.45) is 0 Å². The Balaban J connectivity index is 2.05. The minimum absolute atomic E-state index is 0.0483. The zero-order valence-corrected chi connectivity index (χ0v) is 15.2. The number of nitrogens with one attached hydrogen (secondary N) is 1. The minimum atomic E-state index is 0.0483. The van der Waals surface area contributed by atoms with Crippen molar-refractivity contribution >= 4 is 51.4 Å². The van der Waals surface area contributed by atoms with E-state index in [9.17, 15) is 4.79 Å². The van der Waals surface area contributed by atoms with Gasteiger partial charge < -0.3 is 10.2 Å². The van der Waals surface area contributed by atoms with E-state index >= 15 is 0 Å². The van der Waals surface area contributed by atoms with Crippen molar-refractivity contribution in [3.05, 3.63) is 28.3 Å². The molecule has 1 aromatic heterocycles. The minimum Gasteiger partial charge on any atom is -0.348 e. The number of thioether (sulfide) groups is 1. The number of amides is 1. The average molecular weight is 357 g/mol. The van der Waals surface area contributed by atoms with E-state index in [1.165, 1.54) is 23.1 Å². The van der Waals surface area contributed by atoms with Gasteiger partial charge in [0.2, 0.25) is 11.0 Å². The molecule has 0 bridgehead atoms. The van der Waals surface area contributed by atoms with Gasteiger partial charge in [-0.2, -0.15) is 0 Å². The van der Waals surface area contributed by atoms with Crippen LogP contribution < -0.4 is 5.32 Å². The molecule has 2 aromatic rings. The molecular formula is C14H17ClN4OS2. The van der Waals surface area contributed by atoms with Crippen molar-refractivity contribution in [2.45, 2.75) is 18.2 Å². The molecule has 0 radical (unpaired) electrons. The first-order valence-electron chi connectivity index (χ1n) is 6.57. The van der Waals surface area contributed by atoms with Crippen LogP contribution in [0.3, 0.4) is 0 Å². The van der Waals surface area contributed by atoms with Gasteiger partial charge in [0.05, 0.1) is 16.5 Å². The van der Waals surface area contributed by atoms with Crippen LogP contribution in [-0.2, 0) is 4.79 Å². The molecule has 1 N–H and O–H groups in total. The highest BCUT2D eigenvalue weighted by Gasteiger charge is 2.12. The number of carbonyl (C=O) groups is 1. The monoisotopic (exact) mass is 356 g/mol. The van der Waals surface area contributed by atoms with Crippen molar-refractivity contribution in [3.63, 3.8) is 0 Å². The SMILES string of the molecule is Cc1cc(C)c(Nc2nnc(SCC(=O)N(C)C)s2)c(Cl)c1. The van der Waals surface area contributed by atoms with Crippen molar-refractivity contribution < 1.29 is 4.79 Å². The van der Waals surface area contributed by atoms with Crippen LogP contribution in [-0.4, -0.2) is 40.9 Å². The van der Waals surface area contributed by atoms with Gasteiger partial charge in [-0.1, -0.05) is 40.8 Å². The quantitative estimate of drug-likeness (QED) is 0.827. The molecule has 8 heteroatoms. The van der Waals surface area contributed by atoms with Gasteiger partial charge in [0.1, 0.15) is 0 Å². The van der Waals surface area contributed by atoms with Crippen LogP contribution in [0.1, 0.15) is 11.1 Å². The van der Waals surface area contributed by atoms with E-state index in [0.29, 0.717) is 15.9 Å². The smallest absolute Gasteiger partial charge is 0.232 e. The standard InChI is InChI=1S/C14H17ClN4OS2/c1-8-5-9(2)12(10(15)6-8)16-13-17-18-14(22-13)21-7-11(20)19(3)4/h5-6H,7H2,1-4H3,(H,16,17). The first-order valence-corrected chi connectivity index (χ1v) is 8.75. The van der Waals surface area contributed by atoms with E-state index in [4.69, 9.17) is 11.6 Å². The summed E-state index contributed by atoms with van der Waals surface area (Å²) in [5, 5.41) is 12.7. The molecule has 1 heterocycles. The van der Waals surface area contributed by atoms with Gasteiger partial charge >= 0.3 is 0 Å². The lowest BCUT2D eigenvalue weighted by molar-refractivity contribution is -0.125. The molecule has 0 saturated carbocycles. The van der Waals surface area contributed by atoms with Crippen molar-refractivity contribution in [1.82, 2.24) is 15.1 Å². The van der Waals surface area contributed by atoms with Crippen LogP contribution in [0.15, 0.2) is 16.5 Å². The zero-order valence-electron chi connectivity index (χ0n) is 12.8. The second kappa shape index (κ2) is 7.30. The van der Waals surface area contributed by atoms with Gasteiger partial charge in [0, 0.05) is 14.1 Å². The van der Waals surface area contributed by atoms with Crippen LogP contribution in [0, 0.1) is 13.8 Å². The lowest BCUT2D eigenvalue weighted by atomic mass is 10.1. The van der Waals surface area contributed by atoms with Crippen molar-refractivity contribution in [2.75, 3.05) is 25.2 Å². The van der Waals surface area contributed by atoms with Crippen LogP contribution in [0.5, 0.6) is 0 Å².